The Labute approximate surface area is 104 Å². The van der Waals surface area contributed by atoms with Gasteiger partial charge < -0.3 is 4.90 Å². The van der Waals surface area contributed by atoms with Crippen molar-refractivity contribution in [2.24, 2.45) is 5.92 Å². The van der Waals surface area contributed by atoms with Gasteiger partial charge in [0, 0.05) is 18.4 Å². The fourth-order valence-corrected chi connectivity index (χ4v) is 3.34. The summed E-state index contributed by atoms with van der Waals surface area (Å²) in [4.78, 5) is 14.2. The van der Waals surface area contributed by atoms with E-state index in [-0.39, 0.29) is 0 Å². The first-order chi connectivity index (χ1) is 8.22. The highest BCUT2D eigenvalue weighted by Crippen LogP contribution is 2.38. The molecule has 0 aliphatic carbocycles. The third-order valence-electron chi connectivity index (χ3n) is 4.16. The highest BCUT2D eigenvalue weighted by atomic mass is 16.2. The van der Waals surface area contributed by atoms with Gasteiger partial charge in [0.15, 0.2) is 0 Å². The van der Waals surface area contributed by atoms with Crippen LogP contribution in [0.4, 0.5) is 0 Å². The monoisotopic (exact) mass is 233 g/mol. The van der Waals surface area contributed by atoms with Gasteiger partial charge in [-0.05, 0) is 19.3 Å². The number of carbonyl (C=O) groups is 1. The highest BCUT2D eigenvalue weighted by Gasteiger charge is 2.42. The van der Waals surface area contributed by atoms with Gasteiger partial charge in [0.05, 0.1) is 6.04 Å². The zero-order valence-corrected chi connectivity index (χ0v) is 11.0. The van der Waals surface area contributed by atoms with Gasteiger partial charge in [-0.15, -0.1) is 6.58 Å². The second kappa shape index (κ2) is 5.07. The minimum absolute atomic E-state index is 0.347. The lowest BCUT2D eigenvalue weighted by Crippen LogP contribution is -2.48. The van der Waals surface area contributed by atoms with E-state index in [2.05, 4.69) is 31.4 Å². The first kappa shape index (κ1) is 12.4. The average Bonchev–Trinajstić information content (AvgIpc) is 2.72. The van der Waals surface area contributed by atoms with Gasteiger partial charge in [-0.1, -0.05) is 38.0 Å². The van der Waals surface area contributed by atoms with E-state index in [0.29, 0.717) is 23.9 Å². The standard InChI is InChI=1S/C15H23NO/c1-4-7-13-11(5-2)10-12(6-3)14-8-9-15(17)16(13)14/h5,10-11,13-14H,2,4,6-9H2,1,3H3/t11-,13+,14-/m0/s1. The fraction of sp³-hybridized carbons (Fsp3) is 0.667. The van der Waals surface area contributed by atoms with Gasteiger partial charge in [-0.2, -0.15) is 0 Å². The van der Waals surface area contributed by atoms with Crippen LogP contribution in [0.2, 0.25) is 0 Å². The van der Waals surface area contributed by atoms with Crippen molar-refractivity contribution in [3.05, 3.63) is 24.3 Å². The molecule has 1 amide bonds. The molecule has 0 bridgehead atoms. The lowest BCUT2D eigenvalue weighted by molar-refractivity contribution is -0.131. The van der Waals surface area contributed by atoms with Crippen LogP contribution in [-0.2, 0) is 4.79 Å². The van der Waals surface area contributed by atoms with Crippen LogP contribution in [0.15, 0.2) is 24.3 Å². The second-order valence-electron chi connectivity index (χ2n) is 5.12. The predicted molar refractivity (Wildman–Crippen MR) is 70.6 cm³/mol. The Balaban J connectivity index is 2.34. The number of fused-ring (bicyclic) bond motifs is 1. The Kier molecular flexibility index (Phi) is 3.70. The van der Waals surface area contributed by atoms with Gasteiger partial charge in [0.1, 0.15) is 0 Å². The molecule has 0 radical (unpaired) electrons. The summed E-state index contributed by atoms with van der Waals surface area (Å²) in [5, 5.41) is 0. The van der Waals surface area contributed by atoms with Crippen LogP contribution in [0.5, 0.6) is 0 Å². The molecule has 1 fully saturated rings. The number of nitrogens with zero attached hydrogens (tertiary/aromatic N) is 1. The molecule has 0 aromatic rings. The Hall–Kier alpha value is -1.05. The van der Waals surface area contributed by atoms with Crippen molar-refractivity contribution in [2.75, 3.05) is 0 Å². The SMILES string of the molecule is C=C[C@H]1C=C(CC)[C@@H]2CCC(=O)N2[C@@H]1CCC. The van der Waals surface area contributed by atoms with E-state index in [1.165, 1.54) is 5.57 Å². The van der Waals surface area contributed by atoms with Crippen molar-refractivity contribution < 1.29 is 4.79 Å². The summed E-state index contributed by atoms with van der Waals surface area (Å²) in [5.41, 5.74) is 1.44. The molecular formula is C15H23NO. The van der Waals surface area contributed by atoms with Crippen LogP contribution in [0.3, 0.4) is 0 Å². The van der Waals surface area contributed by atoms with Crippen LogP contribution >= 0.6 is 0 Å². The molecule has 2 aliphatic rings. The average molecular weight is 233 g/mol. The number of hydrogen-bond donors (Lipinski definition) is 0. The smallest absolute Gasteiger partial charge is 0.223 e. The van der Waals surface area contributed by atoms with E-state index in [4.69, 9.17) is 0 Å². The van der Waals surface area contributed by atoms with Gasteiger partial charge in [-0.25, -0.2) is 0 Å². The molecule has 94 valence electrons. The van der Waals surface area contributed by atoms with Crippen LogP contribution in [0.1, 0.15) is 46.0 Å². The first-order valence-electron chi connectivity index (χ1n) is 6.87. The summed E-state index contributed by atoms with van der Waals surface area (Å²) >= 11 is 0. The van der Waals surface area contributed by atoms with Crippen molar-refractivity contribution in [2.45, 2.75) is 58.0 Å². The second-order valence-corrected chi connectivity index (χ2v) is 5.12. The summed E-state index contributed by atoms with van der Waals surface area (Å²) in [6.45, 7) is 8.32. The summed E-state index contributed by atoms with van der Waals surface area (Å²) in [6, 6.07) is 0.744. The molecule has 2 heteroatoms. The number of carbonyl (C=O) groups excluding carboxylic acids is 1. The third-order valence-corrected chi connectivity index (χ3v) is 4.16. The molecule has 0 saturated carbocycles. The van der Waals surface area contributed by atoms with Crippen molar-refractivity contribution in [3.63, 3.8) is 0 Å². The lowest BCUT2D eigenvalue weighted by Gasteiger charge is -2.41. The Morgan fingerprint density at radius 2 is 2.29 bits per heavy atom. The van der Waals surface area contributed by atoms with Crippen LogP contribution < -0.4 is 0 Å². The van der Waals surface area contributed by atoms with Crippen molar-refractivity contribution in [1.82, 2.24) is 4.90 Å². The van der Waals surface area contributed by atoms with E-state index in [9.17, 15) is 4.79 Å². The maximum Gasteiger partial charge on any atom is 0.223 e. The van der Waals surface area contributed by atoms with Crippen molar-refractivity contribution in [3.8, 4) is 0 Å². The summed E-state index contributed by atoms with van der Waals surface area (Å²) in [7, 11) is 0. The maximum atomic E-state index is 12.1. The lowest BCUT2D eigenvalue weighted by atomic mass is 9.84. The molecule has 2 heterocycles. The third kappa shape index (κ3) is 2.05. The van der Waals surface area contributed by atoms with E-state index in [1.54, 1.807) is 0 Å². The van der Waals surface area contributed by atoms with E-state index in [0.717, 1.165) is 32.1 Å². The molecule has 2 aliphatic heterocycles. The fourth-order valence-electron chi connectivity index (χ4n) is 3.34. The minimum Gasteiger partial charge on any atom is -0.332 e. The van der Waals surface area contributed by atoms with Gasteiger partial charge >= 0.3 is 0 Å². The van der Waals surface area contributed by atoms with E-state index >= 15 is 0 Å². The quantitative estimate of drug-likeness (QED) is 0.682. The van der Waals surface area contributed by atoms with Crippen LogP contribution in [0.25, 0.3) is 0 Å². The summed E-state index contributed by atoms with van der Waals surface area (Å²) in [5.74, 6) is 0.697. The molecule has 0 N–H and O–H groups in total. The molecule has 2 nitrogen and oxygen atoms in total. The van der Waals surface area contributed by atoms with Crippen molar-refractivity contribution in [1.29, 1.82) is 0 Å². The summed E-state index contributed by atoms with van der Waals surface area (Å²) < 4.78 is 0. The largest absolute Gasteiger partial charge is 0.332 e. The van der Waals surface area contributed by atoms with Crippen LogP contribution in [-0.4, -0.2) is 22.9 Å². The number of amides is 1. The van der Waals surface area contributed by atoms with E-state index < -0.39 is 0 Å². The highest BCUT2D eigenvalue weighted by molar-refractivity contribution is 5.80. The number of hydrogen-bond acceptors (Lipinski definition) is 1. The van der Waals surface area contributed by atoms with Gasteiger partial charge in [-0.3, -0.25) is 4.79 Å². The Morgan fingerprint density at radius 1 is 1.53 bits per heavy atom. The molecule has 17 heavy (non-hydrogen) atoms. The molecule has 0 unspecified atom stereocenters. The minimum atomic E-state index is 0.347. The normalized spacial score (nSPS) is 32.4. The molecule has 0 aromatic heterocycles. The molecule has 2 rings (SSSR count). The van der Waals surface area contributed by atoms with Gasteiger partial charge in [0.25, 0.3) is 0 Å². The molecule has 0 aromatic carbocycles. The van der Waals surface area contributed by atoms with Crippen LogP contribution in [0, 0.1) is 5.92 Å². The van der Waals surface area contributed by atoms with Gasteiger partial charge in [0.2, 0.25) is 5.91 Å². The molecular weight excluding hydrogens is 210 g/mol. The Bertz CT molecular complexity index is 345. The predicted octanol–water partition coefficient (Wildman–Crippen LogP) is 3.30. The Morgan fingerprint density at radius 3 is 2.88 bits per heavy atom. The molecule has 3 atom stereocenters. The zero-order chi connectivity index (χ0) is 12.4. The molecule has 0 spiro atoms. The summed E-state index contributed by atoms with van der Waals surface area (Å²) in [6.07, 6.45) is 9.39. The molecule has 1 saturated heterocycles. The number of rotatable bonds is 4. The maximum absolute atomic E-state index is 12.1. The first-order valence-corrected chi connectivity index (χ1v) is 6.87. The zero-order valence-electron chi connectivity index (χ0n) is 11.0. The topological polar surface area (TPSA) is 20.3 Å². The van der Waals surface area contributed by atoms with Crippen molar-refractivity contribution >= 4 is 5.91 Å². The van der Waals surface area contributed by atoms with E-state index in [1.807, 2.05) is 6.08 Å².